The number of amides is 2. The summed E-state index contributed by atoms with van der Waals surface area (Å²) in [5, 5.41) is 11.9. The molecular formula is C15H20N2O3. The van der Waals surface area contributed by atoms with Gasteiger partial charge in [-0.2, -0.15) is 0 Å². The van der Waals surface area contributed by atoms with Crippen molar-refractivity contribution in [3.63, 3.8) is 0 Å². The van der Waals surface area contributed by atoms with Crippen molar-refractivity contribution >= 4 is 17.5 Å². The van der Waals surface area contributed by atoms with Crippen LogP contribution in [0.3, 0.4) is 0 Å². The Hall–Kier alpha value is -1.88. The van der Waals surface area contributed by atoms with Gasteiger partial charge in [0.1, 0.15) is 0 Å². The van der Waals surface area contributed by atoms with Gasteiger partial charge in [-0.1, -0.05) is 6.07 Å². The van der Waals surface area contributed by atoms with Crippen LogP contribution in [0, 0.1) is 5.92 Å². The quantitative estimate of drug-likeness (QED) is 0.856. The number of nitrogens with one attached hydrogen (secondary N) is 1. The second-order valence-electron chi connectivity index (χ2n) is 5.29. The van der Waals surface area contributed by atoms with Gasteiger partial charge in [-0.15, -0.1) is 0 Å². The van der Waals surface area contributed by atoms with Crippen molar-refractivity contribution < 1.29 is 14.7 Å². The minimum atomic E-state index is -0.243. The number of hydrogen-bond acceptors (Lipinski definition) is 3. The lowest BCUT2D eigenvalue weighted by Gasteiger charge is -2.23. The van der Waals surface area contributed by atoms with Gasteiger partial charge < -0.3 is 15.3 Å². The molecule has 0 bridgehead atoms. The third-order valence-electron chi connectivity index (χ3n) is 3.57. The van der Waals surface area contributed by atoms with E-state index < -0.39 is 0 Å². The first-order valence-electron chi connectivity index (χ1n) is 6.82. The zero-order chi connectivity index (χ0) is 14.7. The predicted molar refractivity (Wildman–Crippen MR) is 76.4 cm³/mol. The molecule has 1 saturated carbocycles. The third-order valence-corrected chi connectivity index (χ3v) is 3.57. The normalized spacial score (nSPS) is 15.6. The number of nitrogens with zero attached hydrogens (tertiary/aromatic N) is 1. The molecule has 0 saturated heterocycles. The molecular weight excluding hydrogens is 256 g/mol. The van der Waals surface area contributed by atoms with E-state index in [9.17, 15) is 9.59 Å². The van der Waals surface area contributed by atoms with Gasteiger partial charge in [0.2, 0.25) is 5.91 Å². The summed E-state index contributed by atoms with van der Waals surface area (Å²) in [6.07, 6.45) is 1.89. The smallest absolute Gasteiger partial charge is 0.253 e. The molecule has 1 atom stereocenters. The van der Waals surface area contributed by atoms with Crippen molar-refractivity contribution in [3.8, 4) is 0 Å². The van der Waals surface area contributed by atoms with Crippen LogP contribution in [0.15, 0.2) is 24.3 Å². The Morgan fingerprint density at radius 3 is 2.75 bits per heavy atom. The summed E-state index contributed by atoms with van der Waals surface area (Å²) >= 11 is 0. The Labute approximate surface area is 118 Å². The number of carbonyl (C=O) groups is 2. The molecule has 5 nitrogen and oxygen atoms in total. The first kappa shape index (κ1) is 14.5. The van der Waals surface area contributed by atoms with E-state index in [1.807, 2.05) is 0 Å². The van der Waals surface area contributed by atoms with E-state index in [0.717, 1.165) is 12.8 Å². The Morgan fingerprint density at radius 1 is 1.45 bits per heavy atom. The molecule has 1 aliphatic carbocycles. The Balaban J connectivity index is 2.08. The molecule has 1 aromatic rings. The van der Waals surface area contributed by atoms with Gasteiger partial charge in [0.15, 0.2) is 0 Å². The van der Waals surface area contributed by atoms with Crippen molar-refractivity contribution in [2.75, 3.05) is 19.0 Å². The fraction of sp³-hybridized carbons (Fsp3) is 0.467. The van der Waals surface area contributed by atoms with Crippen molar-refractivity contribution in [3.05, 3.63) is 29.8 Å². The molecule has 0 unspecified atom stereocenters. The Bertz CT molecular complexity index is 512. The minimum absolute atomic E-state index is 0.0201. The van der Waals surface area contributed by atoms with Gasteiger partial charge in [-0.05, 0) is 38.0 Å². The number of benzene rings is 1. The van der Waals surface area contributed by atoms with Crippen molar-refractivity contribution in [2.45, 2.75) is 25.8 Å². The van der Waals surface area contributed by atoms with Crippen LogP contribution in [0.25, 0.3) is 0 Å². The second-order valence-corrected chi connectivity index (χ2v) is 5.29. The highest BCUT2D eigenvalue weighted by molar-refractivity contribution is 5.98. The highest BCUT2D eigenvalue weighted by atomic mass is 16.3. The fourth-order valence-corrected chi connectivity index (χ4v) is 1.85. The maximum Gasteiger partial charge on any atom is 0.253 e. The second kappa shape index (κ2) is 6.05. The summed E-state index contributed by atoms with van der Waals surface area (Å²) in [6.45, 7) is 1.69. The number of likely N-dealkylation sites (N-methyl/N-ethyl adjacent to an activating group) is 1. The van der Waals surface area contributed by atoms with Gasteiger partial charge in [0, 0.05) is 24.2 Å². The SMILES string of the molecule is C[C@H](CO)N(C)C(=O)c1cccc(NC(=O)C2CC2)c1. The number of aliphatic hydroxyl groups excluding tert-OH is 1. The zero-order valence-electron chi connectivity index (χ0n) is 11.8. The van der Waals surface area contributed by atoms with Gasteiger partial charge in [-0.25, -0.2) is 0 Å². The fourth-order valence-electron chi connectivity index (χ4n) is 1.85. The van der Waals surface area contributed by atoms with E-state index in [1.165, 1.54) is 4.90 Å². The molecule has 0 aromatic heterocycles. The lowest BCUT2D eigenvalue weighted by atomic mass is 10.1. The van der Waals surface area contributed by atoms with Crippen LogP contribution in [-0.4, -0.2) is 41.5 Å². The van der Waals surface area contributed by atoms with Crippen molar-refractivity contribution in [1.29, 1.82) is 0 Å². The predicted octanol–water partition coefficient (Wildman–Crippen LogP) is 1.49. The summed E-state index contributed by atoms with van der Waals surface area (Å²) in [4.78, 5) is 25.4. The van der Waals surface area contributed by atoms with E-state index in [1.54, 1.807) is 38.2 Å². The number of hydrogen-bond donors (Lipinski definition) is 2. The van der Waals surface area contributed by atoms with E-state index in [2.05, 4.69) is 5.32 Å². The maximum atomic E-state index is 12.2. The molecule has 108 valence electrons. The molecule has 0 spiro atoms. The van der Waals surface area contributed by atoms with E-state index in [4.69, 9.17) is 5.11 Å². The van der Waals surface area contributed by atoms with Gasteiger partial charge in [0.25, 0.3) is 5.91 Å². The molecule has 0 radical (unpaired) electrons. The molecule has 2 rings (SSSR count). The van der Waals surface area contributed by atoms with Gasteiger partial charge in [-0.3, -0.25) is 9.59 Å². The van der Waals surface area contributed by atoms with Crippen LogP contribution < -0.4 is 5.32 Å². The monoisotopic (exact) mass is 276 g/mol. The van der Waals surface area contributed by atoms with Gasteiger partial charge >= 0.3 is 0 Å². The highest BCUT2D eigenvalue weighted by Crippen LogP contribution is 2.30. The summed E-state index contributed by atoms with van der Waals surface area (Å²) in [6, 6.07) is 6.64. The van der Waals surface area contributed by atoms with Crippen LogP contribution in [0.4, 0.5) is 5.69 Å². The number of rotatable bonds is 5. The maximum absolute atomic E-state index is 12.2. The molecule has 1 aliphatic rings. The molecule has 0 heterocycles. The average molecular weight is 276 g/mol. The van der Waals surface area contributed by atoms with E-state index >= 15 is 0 Å². The molecule has 0 aliphatic heterocycles. The largest absolute Gasteiger partial charge is 0.394 e. The minimum Gasteiger partial charge on any atom is -0.394 e. The zero-order valence-corrected chi connectivity index (χ0v) is 11.8. The van der Waals surface area contributed by atoms with Crippen molar-refractivity contribution in [1.82, 2.24) is 4.90 Å². The first-order valence-corrected chi connectivity index (χ1v) is 6.82. The van der Waals surface area contributed by atoms with Crippen LogP contribution >= 0.6 is 0 Å². The van der Waals surface area contributed by atoms with Crippen LogP contribution in [0.5, 0.6) is 0 Å². The van der Waals surface area contributed by atoms with Crippen molar-refractivity contribution in [2.24, 2.45) is 5.92 Å². The Morgan fingerprint density at radius 2 is 2.15 bits per heavy atom. The Kier molecular flexibility index (Phi) is 4.39. The molecule has 1 aromatic carbocycles. The molecule has 2 N–H and O–H groups in total. The van der Waals surface area contributed by atoms with E-state index in [-0.39, 0.29) is 30.4 Å². The molecule has 5 heteroatoms. The summed E-state index contributed by atoms with van der Waals surface area (Å²) in [5.41, 5.74) is 1.14. The number of aliphatic hydroxyl groups is 1. The third kappa shape index (κ3) is 3.36. The molecule has 20 heavy (non-hydrogen) atoms. The summed E-state index contributed by atoms with van der Waals surface area (Å²) in [5.74, 6) is -0.0211. The van der Waals surface area contributed by atoms with Crippen LogP contribution in [-0.2, 0) is 4.79 Å². The lowest BCUT2D eigenvalue weighted by Crippen LogP contribution is -2.37. The first-order chi connectivity index (χ1) is 9.52. The standard InChI is InChI=1S/C15H20N2O3/c1-10(9-18)17(2)15(20)12-4-3-5-13(8-12)16-14(19)11-6-7-11/h3-5,8,10-11,18H,6-7,9H2,1-2H3,(H,16,19)/t10-/m1/s1. The highest BCUT2D eigenvalue weighted by Gasteiger charge is 2.29. The lowest BCUT2D eigenvalue weighted by molar-refractivity contribution is -0.117. The average Bonchev–Trinajstić information content (AvgIpc) is 3.29. The van der Waals surface area contributed by atoms with Crippen LogP contribution in [0.1, 0.15) is 30.1 Å². The van der Waals surface area contributed by atoms with Gasteiger partial charge in [0.05, 0.1) is 12.6 Å². The topological polar surface area (TPSA) is 69.6 Å². The molecule has 1 fully saturated rings. The summed E-state index contributed by atoms with van der Waals surface area (Å²) < 4.78 is 0. The number of anilines is 1. The van der Waals surface area contributed by atoms with Crippen LogP contribution in [0.2, 0.25) is 0 Å². The number of carbonyl (C=O) groups excluding carboxylic acids is 2. The summed E-state index contributed by atoms with van der Waals surface area (Å²) in [7, 11) is 1.65. The van der Waals surface area contributed by atoms with E-state index in [0.29, 0.717) is 11.3 Å². The molecule has 2 amide bonds.